The molecule has 57 heavy (non-hydrogen) atoms. The number of fused-ring (bicyclic) bond motifs is 9. The second-order valence-corrected chi connectivity index (χ2v) is 15.0. The maximum Gasteiger partial charge on any atom is 0.0562 e. The smallest absolute Gasteiger partial charge is 0.0562 e. The molecule has 0 saturated carbocycles. The summed E-state index contributed by atoms with van der Waals surface area (Å²) in [6, 6.07) is 77.4. The molecular weight excluding hydrogens is 691 g/mol. The van der Waals surface area contributed by atoms with Crippen molar-refractivity contribution in [3.8, 4) is 39.3 Å². The first-order valence-electron chi connectivity index (χ1n) is 19.6. The minimum atomic E-state index is 1.14. The van der Waals surface area contributed by atoms with Crippen molar-refractivity contribution in [1.29, 1.82) is 0 Å². The molecule has 0 amide bonds. The van der Waals surface area contributed by atoms with Crippen LogP contribution in [0.2, 0.25) is 0 Å². The predicted molar refractivity (Wildman–Crippen MR) is 240 cm³/mol. The number of benzene rings is 9. The van der Waals surface area contributed by atoms with E-state index in [1.54, 1.807) is 0 Å². The van der Waals surface area contributed by atoms with Gasteiger partial charge in [-0.1, -0.05) is 133 Å². The highest BCUT2D eigenvalue weighted by molar-refractivity contribution is 6.19. The molecule has 0 aliphatic carbocycles. The highest BCUT2D eigenvalue weighted by atomic mass is 15.0. The van der Waals surface area contributed by atoms with Crippen molar-refractivity contribution in [1.82, 2.24) is 13.7 Å². The highest BCUT2D eigenvalue weighted by Gasteiger charge is 2.19. The molecule has 12 rings (SSSR count). The topological polar surface area (TPSA) is 14.8 Å². The van der Waals surface area contributed by atoms with Crippen molar-refractivity contribution in [2.75, 3.05) is 0 Å². The Morgan fingerprint density at radius 2 is 0.579 bits per heavy atom. The van der Waals surface area contributed by atoms with Crippen molar-refractivity contribution >= 4 is 65.4 Å². The van der Waals surface area contributed by atoms with Crippen LogP contribution in [-0.4, -0.2) is 13.7 Å². The van der Waals surface area contributed by atoms with E-state index in [1.165, 1.54) is 93.4 Å². The quantitative estimate of drug-likeness (QED) is 0.168. The summed E-state index contributed by atoms with van der Waals surface area (Å²) in [6.07, 6.45) is 0. The fourth-order valence-corrected chi connectivity index (χ4v) is 9.27. The number of nitrogens with zero attached hydrogens (tertiary/aromatic N) is 3. The average molecular weight is 726 g/mol. The Balaban J connectivity index is 1.07. The molecule has 0 saturated heterocycles. The molecule has 0 aliphatic rings. The van der Waals surface area contributed by atoms with Gasteiger partial charge in [-0.3, -0.25) is 0 Å². The van der Waals surface area contributed by atoms with Crippen molar-refractivity contribution in [2.45, 2.75) is 0 Å². The molecular formula is C54H35N3. The Labute approximate surface area is 329 Å². The lowest BCUT2D eigenvalue weighted by Gasteiger charge is -2.12. The van der Waals surface area contributed by atoms with Crippen LogP contribution in [0.4, 0.5) is 0 Å². The number of para-hydroxylation sites is 4. The van der Waals surface area contributed by atoms with E-state index in [-0.39, 0.29) is 0 Å². The summed E-state index contributed by atoms with van der Waals surface area (Å²) < 4.78 is 7.27. The Morgan fingerprint density at radius 1 is 0.193 bits per heavy atom. The van der Waals surface area contributed by atoms with Gasteiger partial charge in [-0.15, -0.1) is 0 Å². The van der Waals surface area contributed by atoms with Gasteiger partial charge in [0, 0.05) is 49.4 Å². The first-order valence-corrected chi connectivity index (χ1v) is 19.6. The van der Waals surface area contributed by atoms with Gasteiger partial charge in [-0.2, -0.15) is 0 Å². The molecule has 3 aromatic heterocycles. The van der Waals surface area contributed by atoms with E-state index in [0.29, 0.717) is 0 Å². The molecule has 3 heterocycles. The van der Waals surface area contributed by atoms with Crippen LogP contribution in [0.5, 0.6) is 0 Å². The molecule has 0 spiro atoms. The average Bonchev–Trinajstić information content (AvgIpc) is 3.91. The maximum atomic E-state index is 2.45. The molecule has 266 valence electrons. The van der Waals surface area contributed by atoms with E-state index in [0.717, 1.165) is 11.4 Å². The predicted octanol–water partition coefficient (Wildman–Crippen LogP) is 14.3. The normalized spacial score (nSPS) is 11.9. The zero-order chi connectivity index (χ0) is 37.5. The van der Waals surface area contributed by atoms with Gasteiger partial charge in [0.1, 0.15) is 0 Å². The largest absolute Gasteiger partial charge is 0.309 e. The first kappa shape index (κ1) is 31.7. The van der Waals surface area contributed by atoms with Crippen molar-refractivity contribution in [3.63, 3.8) is 0 Å². The van der Waals surface area contributed by atoms with E-state index in [2.05, 4.69) is 226 Å². The van der Waals surface area contributed by atoms with E-state index >= 15 is 0 Å². The van der Waals surface area contributed by atoms with Crippen molar-refractivity contribution in [3.05, 3.63) is 212 Å². The zero-order valence-electron chi connectivity index (χ0n) is 31.0. The Bertz CT molecular complexity index is 3510. The fraction of sp³-hybridized carbons (Fsp3) is 0. The van der Waals surface area contributed by atoms with Gasteiger partial charge < -0.3 is 13.7 Å². The van der Waals surface area contributed by atoms with Crippen LogP contribution in [0.15, 0.2) is 212 Å². The van der Waals surface area contributed by atoms with Crippen LogP contribution in [0.1, 0.15) is 0 Å². The summed E-state index contributed by atoms with van der Waals surface area (Å²) in [5, 5.41) is 7.51. The lowest BCUT2D eigenvalue weighted by Crippen LogP contribution is -1.96. The molecule has 9 aromatic carbocycles. The summed E-state index contributed by atoms with van der Waals surface area (Å²) in [6.45, 7) is 0. The molecule has 12 aromatic rings. The van der Waals surface area contributed by atoms with Gasteiger partial charge >= 0.3 is 0 Å². The highest BCUT2D eigenvalue weighted by Crippen LogP contribution is 2.41. The molecule has 0 fully saturated rings. The van der Waals surface area contributed by atoms with Gasteiger partial charge in [-0.05, 0) is 101 Å². The van der Waals surface area contributed by atoms with E-state index < -0.39 is 0 Å². The minimum Gasteiger partial charge on any atom is -0.309 e. The number of hydrogen-bond donors (Lipinski definition) is 0. The molecule has 3 nitrogen and oxygen atoms in total. The second-order valence-electron chi connectivity index (χ2n) is 15.0. The summed E-state index contributed by atoms with van der Waals surface area (Å²) in [4.78, 5) is 0. The monoisotopic (exact) mass is 725 g/mol. The summed E-state index contributed by atoms with van der Waals surface area (Å²) in [5.41, 5.74) is 15.4. The summed E-state index contributed by atoms with van der Waals surface area (Å²) in [5.74, 6) is 0. The SMILES string of the molecule is c1ccc(-c2cccc(-n3c4ccccc4c4cc5c6ccccc6n(-c6cccc(-c7ccc8c(c7)c7ccccc7n8-c7ccccc7)c6)c5cc43)c2)cc1. The van der Waals surface area contributed by atoms with Crippen LogP contribution in [0.3, 0.4) is 0 Å². The van der Waals surface area contributed by atoms with E-state index in [4.69, 9.17) is 0 Å². The van der Waals surface area contributed by atoms with Crippen molar-refractivity contribution < 1.29 is 0 Å². The molecule has 3 heteroatoms. The zero-order valence-corrected chi connectivity index (χ0v) is 31.0. The Hall–Kier alpha value is -7.62. The lowest BCUT2D eigenvalue weighted by atomic mass is 10.0. The molecule has 0 N–H and O–H groups in total. The molecule has 0 aliphatic heterocycles. The van der Waals surface area contributed by atoms with Gasteiger partial charge in [-0.25, -0.2) is 0 Å². The summed E-state index contributed by atoms with van der Waals surface area (Å²) in [7, 11) is 0. The van der Waals surface area contributed by atoms with Gasteiger partial charge in [0.05, 0.1) is 33.1 Å². The second kappa shape index (κ2) is 12.5. The third-order valence-electron chi connectivity index (χ3n) is 11.8. The van der Waals surface area contributed by atoms with Crippen LogP contribution in [0.25, 0.3) is 105 Å². The van der Waals surface area contributed by atoms with Gasteiger partial charge in [0.2, 0.25) is 0 Å². The maximum absolute atomic E-state index is 2.45. The Morgan fingerprint density at radius 3 is 1.14 bits per heavy atom. The van der Waals surface area contributed by atoms with E-state index in [9.17, 15) is 0 Å². The lowest BCUT2D eigenvalue weighted by molar-refractivity contribution is 1.16. The molecule has 0 unspecified atom stereocenters. The fourth-order valence-electron chi connectivity index (χ4n) is 9.27. The Kier molecular flexibility index (Phi) is 6.93. The number of aromatic nitrogens is 3. The van der Waals surface area contributed by atoms with Crippen LogP contribution in [0, 0.1) is 0 Å². The summed E-state index contributed by atoms with van der Waals surface area (Å²) >= 11 is 0. The first-order chi connectivity index (χ1) is 28.3. The van der Waals surface area contributed by atoms with E-state index in [1.807, 2.05) is 0 Å². The molecule has 0 radical (unpaired) electrons. The van der Waals surface area contributed by atoms with Crippen LogP contribution < -0.4 is 0 Å². The number of rotatable bonds is 5. The third-order valence-corrected chi connectivity index (χ3v) is 11.8. The van der Waals surface area contributed by atoms with Crippen LogP contribution in [-0.2, 0) is 0 Å². The molecule has 0 bridgehead atoms. The third kappa shape index (κ3) is 4.86. The minimum absolute atomic E-state index is 1.14. The van der Waals surface area contributed by atoms with Crippen molar-refractivity contribution in [2.24, 2.45) is 0 Å². The number of hydrogen-bond acceptors (Lipinski definition) is 0. The standard InChI is InChI=1S/C54H35N3/c1-3-15-36(16-4-1)37-17-13-21-41(31-37)56-50-27-11-8-24-44(50)47-34-48-45-25-9-12-28-51(45)57(54(48)35-53(47)56)42-22-14-18-38(32-42)39-29-30-52-46(33-39)43-23-7-10-26-49(43)55(52)40-19-5-2-6-20-40/h1-35H. The van der Waals surface area contributed by atoms with Gasteiger partial charge in [0.15, 0.2) is 0 Å². The molecule has 0 atom stereocenters. The van der Waals surface area contributed by atoms with Gasteiger partial charge in [0.25, 0.3) is 0 Å². The van der Waals surface area contributed by atoms with Crippen LogP contribution >= 0.6 is 0 Å².